The molecule has 1 saturated heterocycles. The van der Waals surface area contributed by atoms with E-state index in [9.17, 15) is 4.79 Å². The molecule has 1 fully saturated rings. The minimum atomic E-state index is 0.243. The summed E-state index contributed by atoms with van der Waals surface area (Å²) >= 11 is 1.61. The van der Waals surface area contributed by atoms with E-state index < -0.39 is 0 Å². The van der Waals surface area contributed by atoms with Crippen LogP contribution in [0.25, 0.3) is 0 Å². The number of nitrogens with zero attached hydrogens (tertiary/aromatic N) is 1. The van der Waals surface area contributed by atoms with Crippen LogP contribution in [0.5, 0.6) is 0 Å². The predicted octanol–water partition coefficient (Wildman–Crippen LogP) is 1.60. The lowest BCUT2D eigenvalue weighted by Gasteiger charge is -2.33. The lowest BCUT2D eigenvalue weighted by molar-refractivity contribution is -0.131. The first-order chi connectivity index (χ1) is 8.27. The minimum absolute atomic E-state index is 0.243. The van der Waals surface area contributed by atoms with Crippen molar-refractivity contribution < 1.29 is 4.79 Å². The van der Waals surface area contributed by atoms with Crippen molar-refractivity contribution in [3.8, 4) is 0 Å². The average molecular weight is 250 g/mol. The van der Waals surface area contributed by atoms with Gasteiger partial charge < -0.3 is 10.2 Å². The van der Waals surface area contributed by atoms with E-state index in [1.165, 1.54) is 0 Å². The summed E-state index contributed by atoms with van der Waals surface area (Å²) in [5, 5.41) is 3.29. The fourth-order valence-electron chi connectivity index (χ4n) is 1.96. The van der Waals surface area contributed by atoms with Gasteiger partial charge in [0.2, 0.25) is 5.91 Å². The third kappa shape index (κ3) is 3.48. The van der Waals surface area contributed by atoms with Crippen LogP contribution in [0.2, 0.25) is 0 Å². The lowest BCUT2D eigenvalue weighted by Crippen LogP contribution is -2.52. The van der Waals surface area contributed by atoms with Crippen molar-refractivity contribution in [2.45, 2.75) is 17.9 Å². The molecule has 0 radical (unpaired) electrons. The fraction of sp³-hybridized carbons (Fsp3) is 0.462. The molecular weight excluding hydrogens is 232 g/mol. The summed E-state index contributed by atoms with van der Waals surface area (Å²) in [4.78, 5) is 15.2. The first-order valence-corrected chi connectivity index (χ1v) is 6.94. The summed E-state index contributed by atoms with van der Waals surface area (Å²) in [6.07, 6.45) is 0. The quantitative estimate of drug-likeness (QED) is 0.827. The van der Waals surface area contributed by atoms with Crippen LogP contribution in [0.1, 0.15) is 6.92 Å². The Morgan fingerprint density at radius 1 is 1.47 bits per heavy atom. The van der Waals surface area contributed by atoms with Gasteiger partial charge in [0.15, 0.2) is 0 Å². The molecule has 2 rings (SSSR count). The molecule has 4 heteroatoms. The maximum atomic E-state index is 12.1. The molecule has 0 aromatic heterocycles. The Morgan fingerprint density at radius 2 is 2.24 bits per heavy atom. The summed E-state index contributed by atoms with van der Waals surface area (Å²) in [5.41, 5.74) is 0. The van der Waals surface area contributed by atoms with Gasteiger partial charge in [-0.05, 0) is 19.1 Å². The highest BCUT2D eigenvalue weighted by molar-refractivity contribution is 8.00. The molecule has 1 heterocycles. The highest BCUT2D eigenvalue weighted by Crippen LogP contribution is 2.18. The highest BCUT2D eigenvalue weighted by atomic mass is 32.2. The van der Waals surface area contributed by atoms with Crippen molar-refractivity contribution in [2.24, 2.45) is 0 Å². The molecule has 1 aromatic rings. The summed E-state index contributed by atoms with van der Waals surface area (Å²) in [6, 6.07) is 10.4. The molecule has 0 aliphatic carbocycles. The van der Waals surface area contributed by atoms with Crippen LogP contribution in [0.15, 0.2) is 35.2 Å². The summed E-state index contributed by atoms with van der Waals surface area (Å²) < 4.78 is 0. The van der Waals surface area contributed by atoms with Crippen molar-refractivity contribution in [1.29, 1.82) is 0 Å². The van der Waals surface area contributed by atoms with Gasteiger partial charge in [-0.15, -0.1) is 11.8 Å². The number of amides is 1. The fourth-order valence-corrected chi connectivity index (χ4v) is 2.76. The maximum Gasteiger partial charge on any atom is 0.233 e. The van der Waals surface area contributed by atoms with Crippen molar-refractivity contribution in [2.75, 3.05) is 25.4 Å². The third-order valence-corrected chi connectivity index (χ3v) is 3.92. The predicted molar refractivity (Wildman–Crippen MR) is 71.2 cm³/mol. The molecule has 17 heavy (non-hydrogen) atoms. The van der Waals surface area contributed by atoms with E-state index in [0.29, 0.717) is 11.8 Å². The number of hydrogen-bond donors (Lipinski definition) is 1. The zero-order valence-electron chi connectivity index (χ0n) is 10.1. The molecule has 3 nitrogen and oxygen atoms in total. The number of piperazine rings is 1. The van der Waals surface area contributed by atoms with Crippen LogP contribution in [0.3, 0.4) is 0 Å². The molecule has 92 valence electrons. The van der Waals surface area contributed by atoms with Crippen molar-refractivity contribution in [3.63, 3.8) is 0 Å². The van der Waals surface area contributed by atoms with Crippen LogP contribution in [0, 0.1) is 0 Å². The van der Waals surface area contributed by atoms with Crippen LogP contribution in [-0.2, 0) is 4.79 Å². The van der Waals surface area contributed by atoms with Gasteiger partial charge in [-0.25, -0.2) is 0 Å². The van der Waals surface area contributed by atoms with Crippen molar-refractivity contribution in [1.82, 2.24) is 10.2 Å². The van der Waals surface area contributed by atoms with E-state index in [1.807, 2.05) is 35.2 Å². The SMILES string of the molecule is C[C@@H]1CNCCN1C(=O)CSc1ccccc1. The maximum absolute atomic E-state index is 12.1. The Balaban J connectivity index is 1.84. The normalized spacial score (nSPS) is 20.3. The van der Waals surface area contributed by atoms with E-state index in [-0.39, 0.29) is 5.91 Å². The molecule has 1 atom stereocenters. The van der Waals surface area contributed by atoms with Gasteiger partial charge in [0.25, 0.3) is 0 Å². The third-order valence-electron chi connectivity index (χ3n) is 2.93. The number of benzene rings is 1. The van der Waals surface area contributed by atoms with E-state index in [4.69, 9.17) is 0 Å². The second-order valence-corrected chi connectivity index (χ2v) is 5.29. The monoisotopic (exact) mass is 250 g/mol. The molecule has 1 N–H and O–H groups in total. The zero-order chi connectivity index (χ0) is 12.1. The lowest BCUT2D eigenvalue weighted by atomic mass is 10.2. The van der Waals surface area contributed by atoms with E-state index >= 15 is 0 Å². The number of carbonyl (C=O) groups excluding carboxylic acids is 1. The molecule has 1 aliphatic rings. The van der Waals surface area contributed by atoms with Crippen LogP contribution in [0.4, 0.5) is 0 Å². The number of nitrogens with one attached hydrogen (secondary N) is 1. The standard InChI is InChI=1S/C13H18N2OS/c1-11-9-14-7-8-15(11)13(16)10-17-12-5-3-2-4-6-12/h2-6,11,14H,7-10H2,1H3/t11-/m1/s1. The van der Waals surface area contributed by atoms with Gasteiger partial charge in [-0.3, -0.25) is 4.79 Å². The Morgan fingerprint density at radius 3 is 2.94 bits per heavy atom. The topological polar surface area (TPSA) is 32.3 Å². The van der Waals surface area contributed by atoms with Gasteiger partial charge in [0.1, 0.15) is 0 Å². The highest BCUT2D eigenvalue weighted by Gasteiger charge is 2.22. The summed E-state index contributed by atoms with van der Waals surface area (Å²) in [7, 11) is 0. The molecule has 1 aliphatic heterocycles. The molecule has 0 bridgehead atoms. The molecule has 1 aromatic carbocycles. The number of rotatable bonds is 3. The number of thioether (sulfide) groups is 1. The van der Waals surface area contributed by atoms with Gasteiger partial charge >= 0.3 is 0 Å². The van der Waals surface area contributed by atoms with Crippen molar-refractivity contribution >= 4 is 17.7 Å². The van der Waals surface area contributed by atoms with Gasteiger partial charge in [0, 0.05) is 30.6 Å². The number of carbonyl (C=O) groups is 1. The second kappa shape index (κ2) is 6.07. The smallest absolute Gasteiger partial charge is 0.233 e. The molecule has 0 unspecified atom stereocenters. The first-order valence-electron chi connectivity index (χ1n) is 5.95. The molecule has 0 saturated carbocycles. The first kappa shape index (κ1) is 12.5. The van der Waals surface area contributed by atoms with Crippen LogP contribution < -0.4 is 5.32 Å². The van der Waals surface area contributed by atoms with E-state index in [0.717, 1.165) is 24.5 Å². The van der Waals surface area contributed by atoms with Gasteiger partial charge in [-0.1, -0.05) is 18.2 Å². The van der Waals surface area contributed by atoms with Crippen molar-refractivity contribution in [3.05, 3.63) is 30.3 Å². The van der Waals surface area contributed by atoms with Gasteiger partial charge in [-0.2, -0.15) is 0 Å². The zero-order valence-corrected chi connectivity index (χ0v) is 10.9. The largest absolute Gasteiger partial charge is 0.337 e. The van der Waals surface area contributed by atoms with Crippen LogP contribution >= 0.6 is 11.8 Å². The Hall–Kier alpha value is -1.00. The average Bonchev–Trinajstić information content (AvgIpc) is 2.38. The molecule has 1 amide bonds. The molecule has 0 spiro atoms. The Kier molecular flexibility index (Phi) is 4.45. The summed E-state index contributed by atoms with van der Waals surface area (Å²) in [5.74, 6) is 0.779. The Bertz CT molecular complexity index is 369. The number of hydrogen-bond acceptors (Lipinski definition) is 3. The van der Waals surface area contributed by atoms with Crippen LogP contribution in [-0.4, -0.2) is 42.2 Å². The minimum Gasteiger partial charge on any atom is -0.337 e. The second-order valence-electron chi connectivity index (χ2n) is 4.24. The molecular formula is C13H18N2OS. The van der Waals surface area contributed by atoms with E-state index in [1.54, 1.807) is 11.8 Å². The Labute approximate surface area is 107 Å². The van der Waals surface area contributed by atoms with Gasteiger partial charge in [0.05, 0.1) is 5.75 Å². The summed E-state index contributed by atoms with van der Waals surface area (Å²) in [6.45, 7) is 4.74. The van der Waals surface area contributed by atoms with E-state index in [2.05, 4.69) is 12.2 Å².